The lowest BCUT2D eigenvalue weighted by molar-refractivity contribution is -0.119. The van der Waals surface area contributed by atoms with E-state index in [1.54, 1.807) is 17.0 Å². The van der Waals surface area contributed by atoms with Crippen LogP contribution >= 0.6 is 12.4 Å². The third-order valence-corrected chi connectivity index (χ3v) is 4.48. The van der Waals surface area contributed by atoms with Gasteiger partial charge in [-0.05, 0) is 49.6 Å². The van der Waals surface area contributed by atoms with Crippen molar-refractivity contribution >= 4 is 35.6 Å². The van der Waals surface area contributed by atoms with Crippen LogP contribution < -0.4 is 16.0 Å². The van der Waals surface area contributed by atoms with E-state index in [0.29, 0.717) is 12.1 Å². The lowest BCUT2D eigenvalue weighted by atomic mass is 9.99. The number of fused-ring (bicyclic) bond motifs is 1. The fourth-order valence-corrected chi connectivity index (χ4v) is 3.23. The first-order chi connectivity index (χ1) is 12.1. The van der Waals surface area contributed by atoms with Gasteiger partial charge in [-0.25, -0.2) is 0 Å². The average molecular weight is 374 g/mol. The Kier molecular flexibility index (Phi) is 6.64. The summed E-state index contributed by atoms with van der Waals surface area (Å²) < 4.78 is 0. The Hall–Kier alpha value is -2.53. The summed E-state index contributed by atoms with van der Waals surface area (Å²) in [6.45, 7) is 2.54. The highest BCUT2D eigenvalue weighted by molar-refractivity contribution is 5.97. The van der Waals surface area contributed by atoms with Crippen molar-refractivity contribution in [1.82, 2.24) is 5.32 Å². The van der Waals surface area contributed by atoms with Crippen molar-refractivity contribution in [1.29, 1.82) is 0 Å². The molecule has 0 aromatic heterocycles. The van der Waals surface area contributed by atoms with Crippen molar-refractivity contribution in [2.24, 2.45) is 0 Å². The molecule has 1 aliphatic heterocycles. The third-order valence-electron chi connectivity index (χ3n) is 4.48. The summed E-state index contributed by atoms with van der Waals surface area (Å²) in [6.07, 6.45) is 2.05. The van der Waals surface area contributed by atoms with Crippen molar-refractivity contribution in [2.75, 3.05) is 17.2 Å². The van der Waals surface area contributed by atoms with Gasteiger partial charge >= 0.3 is 0 Å². The number of carbonyl (C=O) groups excluding carboxylic acids is 2. The molecule has 0 bridgehead atoms. The Morgan fingerprint density at radius 1 is 1.15 bits per heavy atom. The highest BCUT2D eigenvalue weighted by Gasteiger charge is 2.25. The summed E-state index contributed by atoms with van der Waals surface area (Å²) in [5, 5.41) is 2.89. The van der Waals surface area contributed by atoms with Crippen LogP contribution in [0.3, 0.4) is 0 Å². The number of rotatable bonds is 4. The standard InChI is InChI=1S/C20H23N3O2.ClH/c1-14(22-20(25)15-7-3-2-4-8-15)13-19(24)23-12-6-9-16-17(21)10-5-11-18(16)23;/h2-5,7-8,10-11,14H,6,9,12-13,21H2,1H3,(H,22,25);1H. The molecule has 1 heterocycles. The molecule has 0 spiro atoms. The van der Waals surface area contributed by atoms with Crippen molar-refractivity contribution < 1.29 is 9.59 Å². The van der Waals surface area contributed by atoms with Gasteiger partial charge in [0.15, 0.2) is 0 Å². The SMILES string of the molecule is CC(CC(=O)N1CCCc2c(N)cccc21)NC(=O)c1ccccc1.Cl. The molecule has 0 fully saturated rings. The molecule has 0 saturated carbocycles. The third kappa shape index (κ3) is 4.35. The molecule has 138 valence electrons. The molecule has 0 radical (unpaired) electrons. The van der Waals surface area contributed by atoms with Gasteiger partial charge < -0.3 is 16.0 Å². The van der Waals surface area contributed by atoms with E-state index in [-0.39, 0.29) is 36.7 Å². The lowest BCUT2D eigenvalue weighted by Gasteiger charge is -2.31. The molecular formula is C20H24ClN3O2. The molecule has 2 aromatic carbocycles. The Morgan fingerprint density at radius 3 is 2.62 bits per heavy atom. The molecule has 1 atom stereocenters. The number of hydrogen-bond donors (Lipinski definition) is 2. The molecule has 26 heavy (non-hydrogen) atoms. The number of amides is 2. The van der Waals surface area contributed by atoms with E-state index in [1.165, 1.54) is 0 Å². The lowest BCUT2D eigenvalue weighted by Crippen LogP contribution is -2.41. The van der Waals surface area contributed by atoms with Crippen molar-refractivity contribution in [3.05, 3.63) is 59.7 Å². The second kappa shape index (κ2) is 8.72. The highest BCUT2D eigenvalue weighted by atomic mass is 35.5. The fourth-order valence-electron chi connectivity index (χ4n) is 3.23. The summed E-state index contributed by atoms with van der Waals surface area (Å²) in [5.74, 6) is -0.156. The van der Waals surface area contributed by atoms with Gasteiger partial charge in [0.1, 0.15) is 0 Å². The van der Waals surface area contributed by atoms with Gasteiger partial charge in [0.25, 0.3) is 5.91 Å². The van der Waals surface area contributed by atoms with Gasteiger partial charge in [0.05, 0.1) is 0 Å². The second-order valence-electron chi connectivity index (χ2n) is 6.44. The molecule has 2 amide bonds. The topological polar surface area (TPSA) is 75.4 Å². The molecule has 0 aliphatic carbocycles. The number of nitrogen functional groups attached to an aromatic ring is 1. The zero-order valence-electron chi connectivity index (χ0n) is 14.8. The number of nitrogens with zero attached hydrogens (tertiary/aromatic N) is 1. The molecular weight excluding hydrogens is 350 g/mol. The number of nitrogens with two attached hydrogens (primary N) is 1. The number of hydrogen-bond acceptors (Lipinski definition) is 3. The van der Waals surface area contributed by atoms with Crippen LogP contribution in [0.1, 0.15) is 35.7 Å². The molecule has 6 heteroatoms. The maximum absolute atomic E-state index is 12.7. The zero-order chi connectivity index (χ0) is 17.8. The fraction of sp³-hybridized carbons (Fsp3) is 0.300. The van der Waals surface area contributed by atoms with Crippen LogP contribution in [-0.4, -0.2) is 24.4 Å². The van der Waals surface area contributed by atoms with E-state index in [2.05, 4.69) is 5.32 Å². The number of carbonyl (C=O) groups is 2. The van der Waals surface area contributed by atoms with Gasteiger partial charge in [-0.3, -0.25) is 9.59 Å². The molecule has 3 N–H and O–H groups in total. The maximum atomic E-state index is 12.7. The summed E-state index contributed by atoms with van der Waals surface area (Å²) >= 11 is 0. The number of nitrogens with one attached hydrogen (secondary N) is 1. The summed E-state index contributed by atoms with van der Waals surface area (Å²) in [6, 6.07) is 14.5. The van der Waals surface area contributed by atoms with Crippen LogP contribution in [0.4, 0.5) is 11.4 Å². The van der Waals surface area contributed by atoms with E-state index >= 15 is 0 Å². The largest absolute Gasteiger partial charge is 0.398 e. The number of benzene rings is 2. The Balaban J connectivity index is 0.00000243. The smallest absolute Gasteiger partial charge is 0.251 e. The quantitative estimate of drug-likeness (QED) is 0.808. The van der Waals surface area contributed by atoms with E-state index in [9.17, 15) is 9.59 Å². The second-order valence-corrected chi connectivity index (χ2v) is 6.44. The molecule has 2 aromatic rings. The van der Waals surface area contributed by atoms with E-state index < -0.39 is 0 Å². The van der Waals surface area contributed by atoms with Gasteiger partial charge in [0, 0.05) is 35.9 Å². The Morgan fingerprint density at radius 2 is 1.88 bits per heavy atom. The van der Waals surface area contributed by atoms with Gasteiger partial charge in [-0.2, -0.15) is 0 Å². The molecule has 3 rings (SSSR count). The van der Waals surface area contributed by atoms with Gasteiger partial charge in [-0.15, -0.1) is 12.4 Å². The van der Waals surface area contributed by atoms with E-state index in [0.717, 1.165) is 29.8 Å². The van der Waals surface area contributed by atoms with Crippen molar-refractivity contribution in [2.45, 2.75) is 32.2 Å². The normalized spacial score (nSPS) is 14.0. The molecule has 0 saturated heterocycles. The molecule has 5 nitrogen and oxygen atoms in total. The van der Waals surface area contributed by atoms with Crippen LogP contribution in [0.25, 0.3) is 0 Å². The van der Waals surface area contributed by atoms with Crippen LogP contribution in [0.5, 0.6) is 0 Å². The van der Waals surface area contributed by atoms with Crippen molar-refractivity contribution in [3.8, 4) is 0 Å². The first-order valence-electron chi connectivity index (χ1n) is 8.60. The predicted molar refractivity (Wildman–Crippen MR) is 107 cm³/mol. The minimum absolute atomic E-state index is 0. The Labute approximate surface area is 160 Å². The summed E-state index contributed by atoms with van der Waals surface area (Å²) in [7, 11) is 0. The molecule has 1 unspecified atom stereocenters. The predicted octanol–water partition coefficient (Wildman–Crippen LogP) is 3.18. The highest BCUT2D eigenvalue weighted by Crippen LogP contribution is 2.31. The van der Waals surface area contributed by atoms with Gasteiger partial charge in [0.2, 0.25) is 5.91 Å². The van der Waals surface area contributed by atoms with Crippen LogP contribution in [0.2, 0.25) is 0 Å². The number of halogens is 1. The Bertz CT molecular complexity index is 780. The minimum Gasteiger partial charge on any atom is -0.398 e. The zero-order valence-corrected chi connectivity index (χ0v) is 15.6. The molecule has 1 aliphatic rings. The maximum Gasteiger partial charge on any atom is 0.251 e. The average Bonchev–Trinajstić information content (AvgIpc) is 2.62. The minimum atomic E-state index is -0.244. The van der Waals surface area contributed by atoms with E-state index in [4.69, 9.17) is 5.73 Å². The van der Waals surface area contributed by atoms with Gasteiger partial charge in [-0.1, -0.05) is 24.3 Å². The van der Waals surface area contributed by atoms with Crippen molar-refractivity contribution in [3.63, 3.8) is 0 Å². The van der Waals surface area contributed by atoms with E-state index in [1.807, 2.05) is 43.3 Å². The number of anilines is 2. The van der Waals surface area contributed by atoms with Crippen LogP contribution in [0, 0.1) is 0 Å². The first-order valence-corrected chi connectivity index (χ1v) is 8.60. The van der Waals surface area contributed by atoms with Crippen LogP contribution in [0.15, 0.2) is 48.5 Å². The first kappa shape index (κ1) is 19.8. The monoisotopic (exact) mass is 373 g/mol. The summed E-state index contributed by atoms with van der Waals surface area (Å²) in [4.78, 5) is 26.7. The summed E-state index contributed by atoms with van der Waals surface area (Å²) in [5.41, 5.74) is 9.32. The van der Waals surface area contributed by atoms with Crippen LogP contribution in [-0.2, 0) is 11.2 Å².